The highest BCUT2D eigenvalue weighted by Crippen LogP contribution is 2.34. The van der Waals surface area contributed by atoms with Crippen molar-refractivity contribution in [2.24, 2.45) is 4.99 Å². The fraction of sp³-hybridized carbons (Fsp3) is 0.400. The van der Waals surface area contributed by atoms with E-state index >= 15 is 0 Å². The molecular formula is C20H26N2. The molecule has 2 rings (SSSR count). The molecule has 0 aliphatic heterocycles. The van der Waals surface area contributed by atoms with Gasteiger partial charge >= 0.3 is 0 Å². The van der Waals surface area contributed by atoms with Crippen LogP contribution in [-0.2, 0) is 6.42 Å². The second-order valence-electron chi connectivity index (χ2n) is 6.44. The summed E-state index contributed by atoms with van der Waals surface area (Å²) >= 11 is 0. The van der Waals surface area contributed by atoms with Gasteiger partial charge in [0.05, 0.1) is 5.69 Å². The molecule has 0 fully saturated rings. The third kappa shape index (κ3) is 4.03. The number of benzene rings is 1. The summed E-state index contributed by atoms with van der Waals surface area (Å²) in [5.41, 5.74) is 5.98. The van der Waals surface area contributed by atoms with Crippen LogP contribution in [0.25, 0.3) is 0 Å². The summed E-state index contributed by atoms with van der Waals surface area (Å²) < 4.78 is 0. The molecule has 0 N–H and O–H groups in total. The number of aliphatic imine (C=N–C) groups is 1. The maximum absolute atomic E-state index is 4.97. The summed E-state index contributed by atoms with van der Waals surface area (Å²) in [7, 11) is 0. The zero-order valence-electron chi connectivity index (χ0n) is 14.3. The lowest BCUT2D eigenvalue weighted by Gasteiger charge is -2.17. The number of para-hydroxylation sites is 1. The van der Waals surface area contributed by atoms with Gasteiger partial charge in [-0.05, 0) is 42.0 Å². The molecule has 1 heterocycles. The molecule has 0 amide bonds. The Labute approximate surface area is 134 Å². The molecule has 22 heavy (non-hydrogen) atoms. The summed E-state index contributed by atoms with van der Waals surface area (Å²) in [6.07, 6.45) is 2.63. The molecule has 0 bridgehead atoms. The van der Waals surface area contributed by atoms with Crippen molar-refractivity contribution < 1.29 is 0 Å². The lowest BCUT2D eigenvalue weighted by atomic mass is 9.93. The Kier molecular flexibility index (Phi) is 5.48. The minimum Gasteiger partial charge on any atom is -0.261 e. The molecule has 1 aromatic heterocycles. The van der Waals surface area contributed by atoms with Crippen LogP contribution < -0.4 is 0 Å². The molecular weight excluding hydrogens is 268 g/mol. The van der Waals surface area contributed by atoms with Crippen LogP contribution in [0.15, 0.2) is 47.6 Å². The standard InChI is InChI=1S/C20H26N2/c1-14(2)18-10-8-11-19(15(3)4)20(18)22-16(5)13-17-9-6-7-12-21-17/h6-12,14-15H,13H2,1-5H3. The van der Waals surface area contributed by atoms with E-state index in [4.69, 9.17) is 4.99 Å². The van der Waals surface area contributed by atoms with Crippen LogP contribution >= 0.6 is 0 Å². The number of nitrogens with zero attached hydrogens (tertiary/aromatic N) is 2. The Morgan fingerprint density at radius 3 is 2.09 bits per heavy atom. The molecule has 0 aliphatic carbocycles. The zero-order chi connectivity index (χ0) is 16.1. The number of aromatic nitrogens is 1. The van der Waals surface area contributed by atoms with Crippen LogP contribution in [-0.4, -0.2) is 10.7 Å². The SMILES string of the molecule is CC(Cc1ccccn1)=Nc1c(C(C)C)cccc1C(C)C. The van der Waals surface area contributed by atoms with Gasteiger partial charge in [-0.25, -0.2) is 0 Å². The van der Waals surface area contributed by atoms with Crippen molar-refractivity contribution in [1.82, 2.24) is 4.98 Å². The maximum Gasteiger partial charge on any atom is 0.0698 e. The Hall–Kier alpha value is -1.96. The zero-order valence-corrected chi connectivity index (χ0v) is 14.3. The van der Waals surface area contributed by atoms with E-state index in [0.29, 0.717) is 11.8 Å². The van der Waals surface area contributed by atoms with Gasteiger partial charge < -0.3 is 0 Å². The minimum atomic E-state index is 0.472. The predicted octanol–water partition coefficient (Wildman–Crippen LogP) is 5.66. The first-order valence-electron chi connectivity index (χ1n) is 8.06. The van der Waals surface area contributed by atoms with Crippen molar-refractivity contribution in [3.8, 4) is 0 Å². The molecule has 2 heteroatoms. The Morgan fingerprint density at radius 2 is 1.59 bits per heavy atom. The highest BCUT2D eigenvalue weighted by Gasteiger charge is 2.13. The number of hydrogen-bond acceptors (Lipinski definition) is 2. The summed E-state index contributed by atoms with van der Waals surface area (Å²) in [4.78, 5) is 9.37. The Balaban J connectivity index is 2.40. The van der Waals surface area contributed by atoms with Crippen molar-refractivity contribution in [2.45, 2.75) is 52.9 Å². The largest absolute Gasteiger partial charge is 0.261 e. The number of pyridine rings is 1. The van der Waals surface area contributed by atoms with Gasteiger partial charge in [0.25, 0.3) is 0 Å². The van der Waals surface area contributed by atoms with E-state index in [1.54, 1.807) is 0 Å². The molecule has 0 saturated heterocycles. The van der Waals surface area contributed by atoms with Gasteiger partial charge in [-0.3, -0.25) is 9.98 Å². The first-order valence-corrected chi connectivity index (χ1v) is 8.06. The first-order chi connectivity index (χ1) is 10.5. The van der Waals surface area contributed by atoms with E-state index in [0.717, 1.165) is 23.5 Å². The van der Waals surface area contributed by atoms with Crippen molar-refractivity contribution in [1.29, 1.82) is 0 Å². The van der Waals surface area contributed by atoms with Crippen molar-refractivity contribution in [2.75, 3.05) is 0 Å². The average molecular weight is 294 g/mol. The smallest absolute Gasteiger partial charge is 0.0698 e. The van der Waals surface area contributed by atoms with Crippen LogP contribution in [0.2, 0.25) is 0 Å². The second kappa shape index (κ2) is 7.35. The predicted molar refractivity (Wildman–Crippen MR) is 95.3 cm³/mol. The molecule has 0 radical (unpaired) electrons. The molecule has 0 aliphatic rings. The van der Waals surface area contributed by atoms with Gasteiger partial charge in [0.2, 0.25) is 0 Å². The van der Waals surface area contributed by atoms with Crippen LogP contribution in [0.5, 0.6) is 0 Å². The van der Waals surface area contributed by atoms with E-state index in [1.165, 1.54) is 11.1 Å². The molecule has 116 valence electrons. The Morgan fingerprint density at radius 1 is 0.955 bits per heavy atom. The van der Waals surface area contributed by atoms with Crippen LogP contribution in [0.3, 0.4) is 0 Å². The van der Waals surface area contributed by atoms with E-state index in [2.05, 4.69) is 63.9 Å². The van der Waals surface area contributed by atoms with Crippen molar-refractivity contribution >= 4 is 11.4 Å². The quantitative estimate of drug-likeness (QED) is 0.653. The molecule has 2 aromatic rings. The second-order valence-corrected chi connectivity index (χ2v) is 6.44. The molecule has 0 atom stereocenters. The first kappa shape index (κ1) is 16.4. The Bertz CT molecular complexity index is 614. The lowest BCUT2D eigenvalue weighted by Crippen LogP contribution is -2.02. The van der Waals surface area contributed by atoms with Gasteiger partial charge in [-0.15, -0.1) is 0 Å². The molecule has 0 spiro atoms. The molecule has 0 unspecified atom stereocenters. The highest BCUT2D eigenvalue weighted by molar-refractivity contribution is 5.87. The topological polar surface area (TPSA) is 25.2 Å². The molecule has 1 aromatic carbocycles. The van der Waals surface area contributed by atoms with Crippen LogP contribution in [0.1, 0.15) is 63.3 Å². The molecule has 2 nitrogen and oxygen atoms in total. The van der Waals surface area contributed by atoms with Crippen LogP contribution in [0.4, 0.5) is 5.69 Å². The monoisotopic (exact) mass is 294 g/mol. The molecule has 0 saturated carbocycles. The van der Waals surface area contributed by atoms with E-state index in [1.807, 2.05) is 18.3 Å². The third-order valence-corrected chi connectivity index (χ3v) is 3.81. The fourth-order valence-electron chi connectivity index (χ4n) is 2.64. The normalized spacial score (nSPS) is 12.2. The van der Waals surface area contributed by atoms with Gasteiger partial charge in [0.1, 0.15) is 0 Å². The van der Waals surface area contributed by atoms with Crippen molar-refractivity contribution in [3.63, 3.8) is 0 Å². The minimum absolute atomic E-state index is 0.472. The summed E-state index contributed by atoms with van der Waals surface area (Å²) in [5, 5.41) is 0. The number of hydrogen-bond donors (Lipinski definition) is 0. The summed E-state index contributed by atoms with van der Waals surface area (Å²) in [5.74, 6) is 0.945. The van der Waals surface area contributed by atoms with Crippen LogP contribution in [0, 0.1) is 0 Å². The summed E-state index contributed by atoms with van der Waals surface area (Å²) in [6, 6.07) is 12.6. The third-order valence-electron chi connectivity index (χ3n) is 3.81. The van der Waals surface area contributed by atoms with Gasteiger partial charge in [0.15, 0.2) is 0 Å². The van der Waals surface area contributed by atoms with E-state index in [-0.39, 0.29) is 0 Å². The van der Waals surface area contributed by atoms with Gasteiger partial charge in [-0.1, -0.05) is 52.0 Å². The van der Waals surface area contributed by atoms with Gasteiger partial charge in [0, 0.05) is 24.0 Å². The highest BCUT2D eigenvalue weighted by atomic mass is 14.8. The van der Waals surface area contributed by atoms with E-state index in [9.17, 15) is 0 Å². The lowest BCUT2D eigenvalue weighted by molar-refractivity contribution is 0.834. The summed E-state index contributed by atoms with van der Waals surface area (Å²) in [6.45, 7) is 11.0. The van der Waals surface area contributed by atoms with Crippen molar-refractivity contribution in [3.05, 3.63) is 59.4 Å². The fourth-order valence-corrected chi connectivity index (χ4v) is 2.64. The maximum atomic E-state index is 4.97. The number of rotatable bonds is 5. The van der Waals surface area contributed by atoms with Gasteiger partial charge in [-0.2, -0.15) is 0 Å². The van der Waals surface area contributed by atoms with E-state index < -0.39 is 0 Å². The average Bonchev–Trinajstić information content (AvgIpc) is 2.47.